The minimum Gasteiger partial charge on any atom is -0.310 e. The van der Waals surface area contributed by atoms with Crippen molar-refractivity contribution in [3.05, 3.63) is 58.6 Å². The number of halogens is 1. The molecular formula is C21H25ClN2S. The number of likely N-dealkylation sites (tertiary alicyclic amines) is 1. The van der Waals surface area contributed by atoms with E-state index in [1.807, 2.05) is 17.8 Å². The fourth-order valence-corrected chi connectivity index (χ4v) is 5.20. The number of nitrogens with one attached hydrogen (secondary N) is 1. The van der Waals surface area contributed by atoms with E-state index in [2.05, 4.69) is 46.6 Å². The molecule has 1 N–H and O–H groups in total. The molecule has 2 aliphatic heterocycles. The predicted octanol–water partition coefficient (Wildman–Crippen LogP) is 5.16. The summed E-state index contributed by atoms with van der Waals surface area (Å²) in [6.45, 7) is 4.86. The summed E-state index contributed by atoms with van der Waals surface area (Å²) in [5.74, 6) is 0. The fraction of sp³-hybridized carbons (Fsp3) is 0.429. The van der Waals surface area contributed by atoms with Crippen LogP contribution in [0.2, 0.25) is 5.02 Å². The second-order valence-corrected chi connectivity index (χ2v) is 8.53. The first kappa shape index (κ1) is 17.4. The Bertz CT molecular complexity index is 728. The Morgan fingerprint density at radius 1 is 1.08 bits per heavy atom. The second kappa shape index (κ2) is 8.13. The van der Waals surface area contributed by atoms with Crippen LogP contribution in [0.4, 0.5) is 0 Å². The van der Waals surface area contributed by atoms with Gasteiger partial charge in [0.2, 0.25) is 0 Å². The highest BCUT2D eigenvalue weighted by Gasteiger charge is 2.22. The number of fused-ring (bicyclic) bond motifs is 2. The molecule has 4 heteroatoms. The molecule has 2 aliphatic rings. The number of nitrogens with zero attached hydrogens (tertiary/aromatic N) is 1. The summed E-state index contributed by atoms with van der Waals surface area (Å²) >= 11 is 8.12. The zero-order valence-electron chi connectivity index (χ0n) is 14.5. The van der Waals surface area contributed by atoms with Gasteiger partial charge in [0.05, 0.1) is 0 Å². The third-order valence-corrected chi connectivity index (χ3v) is 6.65. The van der Waals surface area contributed by atoms with Gasteiger partial charge in [-0.1, -0.05) is 41.6 Å². The monoisotopic (exact) mass is 372 g/mol. The minimum absolute atomic E-state index is 0.363. The zero-order chi connectivity index (χ0) is 17.1. The average Bonchev–Trinajstić information content (AvgIpc) is 3.08. The summed E-state index contributed by atoms with van der Waals surface area (Å²) in [6.07, 6.45) is 4.97. The molecule has 2 nitrogen and oxygen atoms in total. The normalized spacial score (nSPS) is 20.1. The van der Waals surface area contributed by atoms with Crippen LogP contribution in [0.1, 0.15) is 36.4 Å². The highest BCUT2D eigenvalue weighted by atomic mass is 35.5. The summed E-state index contributed by atoms with van der Waals surface area (Å²) in [4.78, 5) is 5.28. The molecule has 132 valence electrons. The Morgan fingerprint density at radius 3 is 2.80 bits per heavy atom. The maximum absolute atomic E-state index is 6.25. The Kier molecular flexibility index (Phi) is 5.66. The van der Waals surface area contributed by atoms with Crippen LogP contribution in [-0.2, 0) is 6.42 Å². The molecular weight excluding hydrogens is 348 g/mol. The van der Waals surface area contributed by atoms with Crippen LogP contribution in [-0.4, -0.2) is 31.1 Å². The molecule has 25 heavy (non-hydrogen) atoms. The van der Waals surface area contributed by atoms with E-state index in [1.54, 1.807) is 0 Å². The molecule has 0 aliphatic carbocycles. The maximum Gasteiger partial charge on any atom is 0.0409 e. The number of benzene rings is 2. The molecule has 2 aromatic rings. The number of rotatable bonds is 5. The van der Waals surface area contributed by atoms with Crippen molar-refractivity contribution in [2.75, 3.05) is 26.2 Å². The van der Waals surface area contributed by atoms with Crippen molar-refractivity contribution in [3.8, 4) is 0 Å². The molecule has 0 amide bonds. The highest BCUT2D eigenvalue weighted by Crippen LogP contribution is 2.41. The molecule has 0 saturated carbocycles. The molecule has 2 aromatic carbocycles. The van der Waals surface area contributed by atoms with Crippen LogP contribution >= 0.6 is 23.4 Å². The van der Waals surface area contributed by atoms with Gasteiger partial charge in [0, 0.05) is 20.9 Å². The molecule has 1 atom stereocenters. The van der Waals surface area contributed by atoms with Crippen LogP contribution in [0.25, 0.3) is 0 Å². The molecule has 1 fully saturated rings. The lowest BCUT2D eigenvalue weighted by atomic mass is 9.99. The number of hydrogen-bond donors (Lipinski definition) is 1. The summed E-state index contributed by atoms with van der Waals surface area (Å²) < 4.78 is 0. The van der Waals surface area contributed by atoms with Gasteiger partial charge in [0.15, 0.2) is 0 Å². The third-order valence-electron chi connectivity index (χ3n) is 5.20. The van der Waals surface area contributed by atoms with Gasteiger partial charge in [-0.15, -0.1) is 0 Å². The first-order valence-electron chi connectivity index (χ1n) is 9.30. The molecule has 0 unspecified atom stereocenters. The van der Waals surface area contributed by atoms with E-state index in [-0.39, 0.29) is 0 Å². The van der Waals surface area contributed by atoms with Crippen LogP contribution in [0.15, 0.2) is 52.3 Å². The van der Waals surface area contributed by atoms with E-state index in [1.165, 1.54) is 59.8 Å². The van der Waals surface area contributed by atoms with E-state index in [0.29, 0.717) is 6.04 Å². The number of hydrogen-bond acceptors (Lipinski definition) is 3. The smallest absolute Gasteiger partial charge is 0.0409 e. The van der Waals surface area contributed by atoms with Gasteiger partial charge in [0.1, 0.15) is 0 Å². The van der Waals surface area contributed by atoms with Crippen LogP contribution in [0.3, 0.4) is 0 Å². The molecule has 2 heterocycles. The summed E-state index contributed by atoms with van der Waals surface area (Å²) in [6, 6.07) is 15.5. The van der Waals surface area contributed by atoms with Crippen molar-refractivity contribution >= 4 is 23.4 Å². The lowest BCUT2D eigenvalue weighted by Gasteiger charge is -2.21. The van der Waals surface area contributed by atoms with E-state index < -0.39 is 0 Å². The summed E-state index contributed by atoms with van der Waals surface area (Å²) in [5.41, 5.74) is 2.77. The topological polar surface area (TPSA) is 15.3 Å². The van der Waals surface area contributed by atoms with Crippen LogP contribution in [0.5, 0.6) is 0 Å². The maximum atomic E-state index is 6.25. The van der Waals surface area contributed by atoms with Gasteiger partial charge >= 0.3 is 0 Å². The van der Waals surface area contributed by atoms with Gasteiger partial charge in [0.25, 0.3) is 0 Å². The van der Waals surface area contributed by atoms with Gasteiger partial charge in [-0.2, -0.15) is 0 Å². The minimum atomic E-state index is 0.363. The zero-order valence-corrected chi connectivity index (χ0v) is 16.1. The molecule has 0 bridgehead atoms. The predicted molar refractivity (Wildman–Crippen MR) is 107 cm³/mol. The van der Waals surface area contributed by atoms with E-state index in [0.717, 1.165) is 18.0 Å². The van der Waals surface area contributed by atoms with Crippen molar-refractivity contribution < 1.29 is 0 Å². The van der Waals surface area contributed by atoms with E-state index in [4.69, 9.17) is 11.6 Å². The largest absolute Gasteiger partial charge is 0.310 e. The standard InChI is InChI=1S/C21H25ClN2S/c22-17-8-9-20-16(14-17)15-19(18-6-1-2-7-21(18)25-20)23-10-5-13-24-11-3-4-12-24/h1-2,6-9,14,19,23H,3-5,10-13,15H2/t19-/m0/s1. The highest BCUT2D eigenvalue weighted by molar-refractivity contribution is 7.99. The van der Waals surface area contributed by atoms with Crippen molar-refractivity contribution in [3.63, 3.8) is 0 Å². The van der Waals surface area contributed by atoms with Crippen LogP contribution < -0.4 is 5.32 Å². The van der Waals surface area contributed by atoms with Gasteiger partial charge < -0.3 is 10.2 Å². The Hall–Kier alpha value is -1.00. The van der Waals surface area contributed by atoms with Crippen molar-refractivity contribution in [2.45, 2.75) is 41.5 Å². The Labute approximate surface area is 159 Å². The van der Waals surface area contributed by atoms with E-state index >= 15 is 0 Å². The van der Waals surface area contributed by atoms with Crippen molar-refractivity contribution in [1.29, 1.82) is 0 Å². The molecule has 4 rings (SSSR count). The summed E-state index contributed by atoms with van der Waals surface area (Å²) in [7, 11) is 0. The third kappa shape index (κ3) is 4.22. The first-order chi connectivity index (χ1) is 12.3. The van der Waals surface area contributed by atoms with Crippen molar-refractivity contribution in [1.82, 2.24) is 10.2 Å². The van der Waals surface area contributed by atoms with Gasteiger partial charge in [-0.3, -0.25) is 0 Å². The van der Waals surface area contributed by atoms with Crippen molar-refractivity contribution in [2.24, 2.45) is 0 Å². The lowest BCUT2D eigenvalue weighted by molar-refractivity contribution is 0.327. The second-order valence-electron chi connectivity index (χ2n) is 7.01. The lowest BCUT2D eigenvalue weighted by Crippen LogP contribution is -2.28. The van der Waals surface area contributed by atoms with Crippen LogP contribution in [0, 0.1) is 0 Å². The summed E-state index contributed by atoms with van der Waals surface area (Å²) in [5, 5.41) is 4.65. The average molecular weight is 373 g/mol. The first-order valence-corrected chi connectivity index (χ1v) is 10.5. The van der Waals surface area contributed by atoms with E-state index in [9.17, 15) is 0 Å². The van der Waals surface area contributed by atoms with Gasteiger partial charge in [-0.05, 0) is 87.3 Å². The molecule has 1 saturated heterocycles. The molecule has 0 radical (unpaired) electrons. The van der Waals surface area contributed by atoms with Gasteiger partial charge in [-0.25, -0.2) is 0 Å². The fourth-order valence-electron chi connectivity index (χ4n) is 3.88. The molecule has 0 spiro atoms. The molecule has 0 aromatic heterocycles. The quantitative estimate of drug-likeness (QED) is 0.729. The Balaban J connectivity index is 1.47. The SMILES string of the molecule is Clc1ccc2c(c1)C[C@H](NCCCN1CCCC1)c1ccccc1S2. The Morgan fingerprint density at radius 2 is 1.92 bits per heavy atom.